The minimum Gasteiger partial charge on any atom is -0.395 e. The van der Waals surface area contributed by atoms with Crippen LogP contribution >= 0.6 is 12.4 Å². The SMILES string of the molecule is CC1CC(NC(=O)c2ccc([N+](=O)[O-])o2)CCN1.Cl. The molecule has 2 heterocycles. The average Bonchev–Trinajstić information content (AvgIpc) is 2.78. The Morgan fingerprint density at radius 1 is 1.58 bits per heavy atom. The fourth-order valence-electron chi connectivity index (χ4n) is 2.07. The van der Waals surface area contributed by atoms with Crippen LogP contribution in [0.15, 0.2) is 16.5 Å². The highest BCUT2D eigenvalue weighted by Gasteiger charge is 2.23. The van der Waals surface area contributed by atoms with Crippen molar-refractivity contribution in [3.63, 3.8) is 0 Å². The van der Waals surface area contributed by atoms with Gasteiger partial charge in [0, 0.05) is 12.1 Å². The van der Waals surface area contributed by atoms with E-state index in [0.717, 1.165) is 19.4 Å². The number of furan rings is 1. The van der Waals surface area contributed by atoms with E-state index in [4.69, 9.17) is 4.42 Å². The molecule has 0 radical (unpaired) electrons. The number of hydrogen-bond acceptors (Lipinski definition) is 5. The largest absolute Gasteiger partial charge is 0.433 e. The zero-order valence-corrected chi connectivity index (χ0v) is 11.2. The lowest BCUT2D eigenvalue weighted by Crippen LogP contribution is -2.46. The van der Waals surface area contributed by atoms with Crippen molar-refractivity contribution in [2.24, 2.45) is 0 Å². The number of hydrogen-bond donors (Lipinski definition) is 2. The Bertz CT molecular complexity index is 463. The molecule has 0 saturated carbocycles. The monoisotopic (exact) mass is 289 g/mol. The summed E-state index contributed by atoms with van der Waals surface area (Å²) >= 11 is 0. The lowest BCUT2D eigenvalue weighted by molar-refractivity contribution is -0.402. The van der Waals surface area contributed by atoms with Crippen LogP contribution in [0.1, 0.15) is 30.3 Å². The molecule has 2 atom stereocenters. The van der Waals surface area contributed by atoms with Gasteiger partial charge in [-0.1, -0.05) is 0 Å². The van der Waals surface area contributed by atoms with Gasteiger partial charge >= 0.3 is 5.88 Å². The normalized spacial score (nSPS) is 22.4. The maximum Gasteiger partial charge on any atom is 0.433 e. The number of nitrogens with zero attached hydrogens (tertiary/aromatic N) is 1. The second kappa shape index (κ2) is 6.53. The molecule has 1 saturated heterocycles. The first-order valence-electron chi connectivity index (χ1n) is 5.84. The molecule has 0 aromatic carbocycles. The number of nitro groups is 1. The standard InChI is InChI=1S/C11H15N3O4.ClH/c1-7-6-8(4-5-12-7)13-11(15)9-2-3-10(18-9)14(16)17;/h2-3,7-8,12H,4-6H2,1H3,(H,13,15);1H. The van der Waals surface area contributed by atoms with Gasteiger partial charge in [0.1, 0.15) is 4.92 Å². The molecule has 2 N–H and O–H groups in total. The molecule has 1 aromatic heterocycles. The third-order valence-electron chi connectivity index (χ3n) is 2.95. The number of halogens is 1. The molecule has 0 bridgehead atoms. The summed E-state index contributed by atoms with van der Waals surface area (Å²) < 4.78 is 4.85. The van der Waals surface area contributed by atoms with Crippen LogP contribution in [-0.2, 0) is 0 Å². The zero-order chi connectivity index (χ0) is 13.1. The molecule has 7 nitrogen and oxygen atoms in total. The number of nitrogens with one attached hydrogen (secondary N) is 2. The topological polar surface area (TPSA) is 97.4 Å². The van der Waals surface area contributed by atoms with Gasteiger partial charge in [-0.25, -0.2) is 0 Å². The van der Waals surface area contributed by atoms with Crippen LogP contribution < -0.4 is 10.6 Å². The van der Waals surface area contributed by atoms with E-state index in [1.165, 1.54) is 12.1 Å². The smallest absolute Gasteiger partial charge is 0.395 e. The number of amides is 1. The molecule has 2 unspecified atom stereocenters. The lowest BCUT2D eigenvalue weighted by atomic mass is 10.0. The van der Waals surface area contributed by atoms with Gasteiger partial charge in [0.25, 0.3) is 5.91 Å². The van der Waals surface area contributed by atoms with Crippen molar-refractivity contribution in [2.75, 3.05) is 6.54 Å². The van der Waals surface area contributed by atoms with Crippen molar-refractivity contribution >= 4 is 24.2 Å². The number of rotatable bonds is 3. The summed E-state index contributed by atoms with van der Waals surface area (Å²) in [5, 5.41) is 16.5. The molecule has 0 spiro atoms. The van der Waals surface area contributed by atoms with Gasteiger partial charge in [-0.2, -0.15) is 0 Å². The number of carbonyl (C=O) groups is 1. The van der Waals surface area contributed by atoms with Gasteiger partial charge in [0.05, 0.1) is 6.07 Å². The molecule has 8 heteroatoms. The molecular weight excluding hydrogens is 274 g/mol. The molecule has 1 amide bonds. The van der Waals surface area contributed by atoms with E-state index < -0.39 is 16.7 Å². The molecule has 106 valence electrons. The summed E-state index contributed by atoms with van der Waals surface area (Å²) in [6, 6.07) is 2.94. The number of carbonyl (C=O) groups excluding carboxylic acids is 1. The van der Waals surface area contributed by atoms with Crippen LogP contribution in [-0.4, -0.2) is 29.5 Å². The van der Waals surface area contributed by atoms with Crippen LogP contribution in [0.2, 0.25) is 0 Å². The Morgan fingerprint density at radius 2 is 2.32 bits per heavy atom. The summed E-state index contributed by atoms with van der Waals surface area (Å²) in [6.45, 7) is 2.90. The van der Waals surface area contributed by atoms with Gasteiger partial charge in [0.2, 0.25) is 0 Å². The third kappa shape index (κ3) is 3.93. The fourth-order valence-corrected chi connectivity index (χ4v) is 2.07. The van der Waals surface area contributed by atoms with Crippen molar-refractivity contribution in [3.05, 3.63) is 28.0 Å². The third-order valence-corrected chi connectivity index (χ3v) is 2.95. The van der Waals surface area contributed by atoms with Crippen LogP contribution in [0.3, 0.4) is 0 Å². The first-order chi connectivity index (χ1) is 8.56. The van der Waals surface area contributed by atoms with Crippen LogP contribution in [0, 0.1) is 10.1 Å². The predicted octanol–water partition coefficient (Wildman–Crippen LogP) is 1.48. The van der Waals surface area contributed by atoms with Crippen LogP contribution in [0.4, 0.5) is 5.88 Å². The van der Waals surface area contributed by atoms with Gasteiger partial charge in [-0.3, -0.25) is 14.9 Å². The zero-order valence-electron chi connectivity index (χ0n) is 10.4. The summed E-state index contributed by atoms with van der Waals surface area (Å²) in [5.74, 6) is -0.839. The molecule has 1 aliphatic heterocycles. The maximum atomic E-state index is 11.8. The summed E-state index contributed by atoms with van der Waals surface area (Å²) in [6.07, 6.45) is 1.69. The van der Waals surface area contributed by atoms with Crippen molar-refractivity contribution in [1.82, 2.24) is 10.6 Å². The van der Waals surface area contributed by atoms with E-state index in [-0.39, 0.29) is 24.2 Å². The molecule has 1 aliphatic rings. The van der Waals surface area contributed by atoms with E-state index in [0.29, 0.717) is 6.04 Å². The molecule has 1 fully saturated rings. The van der Waals surface area contributed by atoms with Crippen molar-refractivity contribution in [1.29, 1.82) is 0 Å². The van der Waals surface area contributed by atoms with E-state index in [2.05, 4.69) is 17.6 Å². The highest BCUT2D eigenvalue weighted by Crippen LogP contribution is 2.16. The lowest BCUT2D eigenvalue weighted by Gasteiger charge is -2.28. The first-order valence-corrected chi connectivity index (χ1v) is 5.84. The van der Waals surface area contributed by atoms with E-state index in [1.807, 2.05) is 0 Å². The Labute approximate surface area is 116 Å². The van der Waals surface area contributed by atoms with Crippen LogP contribution in [0.25, 0.3) is 0 Å². The van der Waals surface area contributed by atoms with Crippen molar-refractivity contribution in [3.8, 4) is 0 Å². The molecule has 1 aromatic rings. The van der Waals surface area contributed by atoms with Gasteiger partial charge in [-0.15, -0.1) is 12.4 Å². The number of piperidine rings is 1. The Hall–Kier alpha value is -1.60. The highest BCUT2D eigenvalue weighted by molar-refractivity contribution is 5.91. The summed E-state index contributed by atoms with van der Waals surface area (Å²) in [4.78, 5) is 21.6. The Morgan fingerprint density at radius 3 is 2.89 bits per heavy atom. The van der Waals surface area contributed by atoms with Gasteiger partial charge in [-0.05, 0) is 32.4 Å². The van der Waals surface area contributed by atoms with Gasteiger partial charge in [0.15, 0.2) is 5.76 Å². The van der Waals surface area contributed by atoms with Crippen molar-refractivity contribution in [2.45, 2.75) is 31.8 Å². The minimum absolute atomic E-state index is 0. The maximum absolute atomic E-state index is 11.8. The molecule has 19 heavy (non-hydrogen) atoms. The molecular formula is C11H16ClN3O4. The quantitative estimate of drug-likeness (QED) is 0.649. The first kappa shape index (κ1) is 15.5. The van der Waals surface area contributed by atoms with Crippen LogP contribution in [0.5, 0.6) is 0 Å². The van der Waals surface area contributed by atoms with E-state index in [1.54, 1.807) is 0 Å². The predicted molar refractivity (Wildman–Crippen MR) is 70.6 cm³/mol. The second-order valence-corrected chi connectivity index (χ2v) is 4.44. The summed E-state index contributed by atoms with van der Waals surface area (Å²) in [7, 11) is 0. The van der Waals surface area contributed by atoms with Gasteiger partial charge < -0.3 is 15.1 Å². The molecule has 2 rings (SSSR count). The van der Waals surface area contributed by atoms with E-state index >= 15 is 0 Å². The Balaban J connectivity index is 0.00000180. The average molecular weight is 290 g/mol. The molecule has 0 aliphatic carbocycles. The van der Waals surface area contributed by atoms with Crippen molar-refractivity contribution < 1.29 is 14.1 Å². The second-order valence-electron chi connectivity index (χ2n) is 4.44. The highest BCUT2D eigenvalue weighted by atomic mass is 35.5. The minimum atomic E-state index is -0.663. The van der Waals surface area contributed by atoms with E-state index in [9.17, 15) is 14.9 Å². The summed E-state index contributed by atoms with van der Waals surface area (Å²) in [5.41, 5.74) is 0. The Kier molecular flexibility index (Phi) is 5.31. The fraction of sp³-hybridized carbons (Fsp3) is 0.545.